The van der Waals surface area contributed by atoms with E-state index in [0.717, 1.165) is 80.0 Å². The van der Waals surface area contributed by atoms with Crippen molar-refractivity contribution in [2.75, 3.05) is 38.0 Å². The molecular formula is C24H32N8. The summed E-state index contributed by atoms with van der Waals surface area (Å²) in [7, 11) is 0. The van der Waals surface area contributed by atoms with Gasteiger partial charge in [-0.1, -0.05) is 13.0 Å². The molecule has 1 aliphatic heterocycles. The third-order valence-electron chi connectivity index (χ3n) is 6.51. The van der Waals surface area contributed by atoms with E-state index in [9.17, 15) is 0 Å². The number of likely N-dealkylation sites (N-methyl/N-ethyl adjacent to an activating group) is 1. The maximum absolute atomic E-state index is 4.84. The van der Waals surface area contributed by atoms with Crippen molar-refractivity contribution >= 4 is 11.8 Å². The Bertz CT molecular complexity index is 1090. The number of anilines is 2. The van der Waals surface area contributed by atoms with Crippen LogP contribution in [0.25, 0.3) is 11.4 Å². The first-order valence-electron chi connectivity index (χ1n) is 11.6. The van der Waals surface area contributed by atoms with Crippen LogP contribution in [0.5, 0.6) is 0 Å². The second kappa shape index (κ2) is 8.60. The Hall–Kier alpha value is -2.84. The van der Waals surface area contributed by atoms with Crippen LogP contribution in [-0.2, 0) is 13.0 Å². The van der Waals surface area contributed by atoms with Crippen molar-refractivity contribution < 1.29 is 0 Å². The number of aryl methyl sites for hydroxylation is 1. The molecule has 0 saturated carbocycles. The fourth-order valence-electron chi connectivity index (χ4n) is 4.82. The van der Waals surface area contributed by atoms with Gasteiger partial charge in [0, 0.05) is 63.1 Å². The lowest BCUT2D eigenvalue weighted by atomic mass is 10.2. The number of hydrogen-bond donors (Lipinski definition) is 1. The number of nitrogens with one attached hydrogen (secondary N) is 1. The van der Waals surface area contributed by atoms with Crippen molar-refractivity contribution in [2.24, 2.45) is 0 Å². The summed E-state index contributed by atoms with van der Waals surface area (Å²) in [5.74, 6) is 2.37. The molecule has 2 aliphatic rings. The van der Waals surface area contributed by atoms with Gasteiger partial charge in [0.05, 0.1) is 17.1 Å². The molecule has 0 bridgehead atoms. The molecule has 32 heavy (non-hydrogen) atoms. The van der Waals surface area contributed by atoms with Gasteiger partial charge in [-0.2, -0.15) is 0 Å². The minimum absolute atomic E-state index is 0.336. The summed E-state index contributed by atoms with van der Waals surface area (Å²) in [6.45, 7) is 15.3. The SMILES string of the molecule is CCN1CCN(Cc2ccc(Nc3ncc4c(n3)-c3c(nc(C)n3C(C)C)C4)nc2)CC1. The molecule has 0 spiro atoms. The lowest BCUT2D eigenvalue weighted by Crippen LogP contribution is -2.45. The fourth-order valence-corrected chi connectivity index (χ4v) is 4.82. The van der Waals surface area contributed by atoms with Crippen LogP contribution in [0.15, 0.2) is 24.5 Å². The molecule has 168 valence electrons. The van der Waals surface area contributed by atoms with E-state index in [1.54, 1.807) is 0 Å². The maximum atomic E-state index is 4.84. The van der Waals surface area contributed by atoms with E-state index in [4.69, 9.17) is 9.97 Å². The van der Waals surface area contributed by atoms with E-state index < -0.39 is 0 Å². The quantitative estimate of drug-likeness (QED) is 0.500. The molecule has 0 unspecified atom stereocenters. The lowest BCUT2D eigenvalue weighted by molar-refractivity contribution is 0.132. The molecule has 1 saturated heterocycles. The van der Waals surface area contributed by atoms with Crippen LogP contribution in [0.4, 0.5) is 11.8 Å². The van der Waals surface area contributed by atoms with Crippen LogP contribution in [0.2, 0.25) is 0 Å². The number of nitrogens with zero attached hydrogens (tertiary/aromatic N) is 7. The molecule has 4 heterocycles. The Balaban J connectivity index is 1.28. The Labute approximate surface area is 189 Å². The van der Waals surface area contributed by atoms with E-state index >= 15 is 0 Å². The largest absolute Gasteiger partial charge is 0.324 e. The Morgan fingerprint density at radius 3 is 2.47 bits per heavy atom. The van der Waals surface area contributed by atoms with Gasteiger partial charge in [-0.3, -0.25) is 4.90 Å². The molecule has 1 fully saturated rings. The number of piperazine rings is 1. The third-order valence-corrected chi connectivity index (χ3v) is 6.51. The van der Waals surface area contributed by atoms with Crippen molar-refractivity contribution in [3.63, 3.8) is 0 Å². The molecule has 0 radical (unpaired) electrons. The highest BCUT2D eigenvalue weighted by molar-refractivity contribution is 5.70. The number of imidazole rings is 1. The van der Waals surface area contributed by atoms with E-state index in [2.05, 4.69) is 63.4 Å². The summed E-state index contributed by atoms with van der Waals surface area (Å²) in [4.78, 5) is 23.7. The van der Waals surface area contributed by atoms with Gasteiger partial charge in [0.1, 0.15) is 11.6 Å². The minimum atomic E-state index is 0.336. The van der Waals surface area contributed by atoms with E-state index in [1.165, 1.54) is 5.56 Å². The summed E-state index contributed by atoms with van der Waals surface area (Å²) >= 11 is 0. The van der Waals surface area contributed by atoms with Gasteiger partial charge in [0.15, 0.2) is 0 Å². The van der Waals surface area contributed by atoms with Crippen molar-refractivity contribution in [2.45, 2.75) is 46.7 Å². The fraction of sp³-hybridized carbons (Fsp3) is 0.500. The van der Waals surface area contributed by atoms with E-state index in [-0.39, 0.29) is 0 Å². The van der Waals surface area contributed by atoms with Crippen LogP contribution >= 0.6 is 0 Å². The molecule has 1 aliphatic carbocycles. The summed E-state index contributed by atoms with van der Waals surface area (Å²) < 4.78 is 2.27. The molecule has 0 aromatic carbocycles. The van der Waals surface area contributed by atoms with Crippen LogP contribution in [0, 0.1) is 6.92 Å². The van der Waals surface area contributed by atoms with Crippen LogP contribution in [0.3, 0.4) is 0 Å². The number of aromatic nitrogens is 5. The average Bonchev–Trinajstić information content (AvgIpc) is 3.29. The summed E-state index contributed by atoms with van der Waals surface area (Å²) in [6, 6.07) is 4.49. The van der Waals surface area contributed by atoms with Gasteiger partial charge >= 0.3 is 0 Å². The maximum Gasteiger partial charge on any atom is 0.228 e. The van der Waals surface area contributed by atoms with Gasteiger partial charge < -0.3 is 14.8 Å². The number of hydrogen-bond acceptors (Lipinski definition) is 7. The molecule has 0 atom stereocenters. The monoisotopic (exact) mass is 432 g/mol. The summed E-state index contributed by atoms with van der Waals surface area (Å²) in [5, 5.41) is 3.28. The van der Waals surface area contributed by atoms with Crippen LogP contribution in [-0.4, -0.2) is 67.0 Å². The van der Waals surface area contributed by atoms with E-state index in [0.29, 0.717) is 12.0 Å². The average molecular weight is 433 g/mol. The highest BCUT2D eigenvalue weighted by Crippen LogP contribution is 2.37. The molecule has 3 aromatic heterocycles. The van der Waals surface area contributed by atoms with E-state index in [1.807, 2.05) is 18.5 Å². The Kier molecular flexibility index (Phi) is 5.65. The molecule has 0 amide bonds. The van der Waals surface area contributed by atoms with Gasteiger partial charge in [0.2, 0.25) is 5.95 Å². The molecule has 5 rings (SSSR count). The zero-order chi connectivity index (χ0) is 22.2. The standard InChI is InChI=1S/C24H32N8/c1-5-30-8-10-31(11-9-30)15-18-6-7-21(25-13-18)28-24-26-14-19-12-20-23(22(19)29-24)32(16(2)3)17(4)27-20/h6-7,13-14,16H,5,8-12,15H2,1-4H3,(H,25,26,28,29). The number of pyridine rings is 1. The molecule has 3 aromatic rings. The number of fused-ring (bicyclic) bond motifs is 3. The summed E-state index contributed by atoms with van der Waals surface area (Å²) in [6.07, 6.45) is 4.67. The van der Waals surface area contributed by atoms with Crippen molar-refractivity contribution in [1.29, 1.82) is 0 Å². The number of rotatable bonds is 6. The van der Waals surface area contributed by atoms with Crippen molar-refractivity contribution in [1.82, 2.24) is 34.3 Å². The smallest absolute Gasteiger partial charge is 0.228 e. The van der Waals surface area contributed by atoms with Crippen molar-refractivity contribution in [3.8, 4) is 11.4 Å². The van der Waals surface area contributed by atoms with Gasteiger partial charge in [-0.05, 0) is 38.9 Å². The second-order valence-electron chi connectivity index (χ2n) is 9.05. The highest BCUT2D eigenvalue weighted by Gasteiger charge is 2.28. The minimum Gasteiger partial charge on any atom is -0.324 e. The first-order valence-corrected chi connectivity index (χ1v) is 11.6. The second-order valence-corrected chi connectivity index (χ2v) is 9.05. The Morgan fingerprint density at radius 1 is 1.00 bits per heavy atom. The molecular weight excluding hydrogens is 400 g/mol. The van der Waals surface area contributed by atoms with Crippen molar-refractivity contribution in [3.05, 3.63) is 47.2 Å². The Morgan fingerprint density at radius 2 is 1.78 bits per heavy atom. The zero-order valence-electron chi connectivity index (χ0n) is 19.5. The van der Waals surface area contributed by atoms with Gasteiger partial charge in [-0.15, -0.1) is 0 Å². The third kappa shape index (κ3) is 4.00. The lowest BCUT2D eigenvalue weighted by Gasteiger charge is -2.33. The highest BCUT2D eigenvalue weighted by atomic mass is 15.3. The van der Waals surface area contributed by atoms with Gasteiger partial charge in [-0.25, -0.2) is 19.9 Å². The topological polar surface area (TPSA) is 75.0 Å². The molecule has 1 N–H and O–H groups in total. The first-order chi connectivity index (χ1) is 15.5. The molecule has 8 heteroatoms. The van der Waals surface area contributed by atoms with Crippen LogP contribution < -0.4 is 5.32 Å². The predicted octanol–water partition coefficient (Wildman–Crippen LogP) is 3.41. The van der Waals surface area contributed by atoms with Crippen LogP contribution in [0.1, 0.15) is 49.5 Å². The summed E-state index contributed by atoms with van der Waals surface area (Å²) in [5.41, 5.74) is 5.57. The zero-order valence-corrected chi connectivity index (χ0v) is 19.5. The predicted molar refractivity (Wildman–Crippen MR) is 126 cm³/mol. The normalized spacial score (nSPS) is 16.4. The first kappa shape index (κ1) is 21.0. The molecule has 8 nitrogen and oxygen atoms in total. The van der Waals surface area contributed by atoms with Gasteiger partial charge in [0.25, 0.3) is 0 Å².